The van der Waals surface area contributed by atoms with Gasteiger partial charge in [0, 0.05) is 18.0 Å². The van der Waals surface area contributed by atoms with Gasteiger partial charge in [-0.3, -0.25) is 9.69 Å². The molecule has 0 atom stereocenters. The average Bonchev–Trinajstić information content (AvgIpc) is 2.42. The first-order valence-electron chi connectivity index (χ1n) is 6.71. The van der Waals surface area contributed by atoms with E-state index < -0.39 is 5.97 Å². The van der Waals surface area contributed by atoms with Crippen molar-refractivity contribution in [3.8, 4) is 6.07 Å². The van der Waals surface area contributed by atoms with Crippen molar-refractivity contribution in [1.29, 1.82) is 5.26 Å². The van der Waals surface area contributed by atoms with Gasteiger partial charge < -0.3 is 5.11 Å². The molecule has 0 amide bonds. The van der Waals surface area contributed by atoms with Crippen LogP contribution in [0, 0.1) is 17.2 Å². The van der Waals surface area contributed by atoms with E-state index >= 15 is 0 Å². The lowest BCUT2D eigenvalue weighted by molar-refractivity contribution is -0.138. The zero-order valence-corrected chi connectivity index (χ0v) is 11.9. The fraction of sp³-hybridized carbons (Fsp3) is 0.467. The number of carboxylic acid groups (broad SMARTS) is 1. The van der Waals surface area contributed by atoms with E-state index in [1.165, 1.54) is 0 Å². The van der Waals surface area contributed by atoms with Crippen molar-refractivity contribution in [3.63, 3.8) is 0 Å². The summed E-state index contributed by atoms with van der Waals surface area (Å²) in [7, 11) is 0. The van der Waals surface area contributed by atoms with Crippen LogP contribution in [-0.4, -0.2) is 29.1 Å². The predicted octanol–water partition coefficient (Wildman–Crippen LogP) is 2.90. The van der Waals surface area contributed by atoms with Crippen LogP contribution in [0.4, 0.5) is 0 Å². The molecule has 0 radical (unpaired) electrons. The van der Waals surface area contributed by atoms with Crippen LogP contribution in [0.2, 0.25) is 5.02 Å². The average molecular weight is 293 g/mol. The van der Waals surface area contributed by atoms with Crippen LogP contribution < -0.4 is 0 Å². The largest absolute Gasteiger partial charge is 0.481 e. The highest BCUT2D eigenvalue weighted by atomic mass is 35.5. The zero-order chi connectivity index (χ0) is 14.5. The molecular weight excluding hydrogens is 276 g/mol. The van der Waals surface area contributed by atoms with E-state index in [9.17, 15) is 4.79 Å². The van der Waals surface area contributed by atoms with Gasteiger partial charge in [0.2, 0.25) is 0 Å². The molecule has 0 unspecified atom stereocenters. The van der Waals surface area contributed by atoms with Crippen LogP contribution in [-0.2, 0) is 11.3 Å². The molecule has 0 aliphatic carbocycles. The third-order valence-electron chi connectivity index (χ3n) is 3.75. The molecule has 1 aromatic carbocycles. The number of nitriles is 1. The van der Waals surface area contributed by atoms with Crippen LogP contribution in [0.25, 0.3) is 0 Å². The normalized spacial score (nSPS) is 16.8. The van der Waals surface area contributed by atoms with E-state index in [0.717, 1.165) is 38.0 Å². The highest BCUT2D eigenvalue weighted by Gasteiger charge is 2.21. The molecular formula is C15H17ClN2O2. The van der Waals surface area contributed by atoms with Gasteiger partial charge in [0.25, 0.3) is 0 Å². The lowest BCUT2D eigenvalue weighted by Gasteiger charge is -2.31. The summed E-state index contributed by atoms with van der Waals surface area (Å²) in [5.74, 6) is -0.418. The molecule has 106 valence electrons. The predicted molar refractivity (Wildman–Crippen MR) is 76.4 cm³/mol. The van der Waals surface area contributed by atoms with Crippen LogP contribution in [0.1, 0.15) is 30.4 Å². The number of halogens is 1. The van der Waals surface area contributed by atoms with E-state index in [1.807, 2.05) is 6.07 Å². The van der Waals surface area contributed by atoms with Crippen LogP contribution in [0.3, 0.4) is 0 Å². The second-order valence-electron chi connectivity index (χ2n) is 5.24. The number of benzene rings is 1. The highest BCUT2D eigenvalue weighted by molar-refractivity contribution is 6.31. The van der Waals surface area contributed by atoms with Gasteiger partial charge in [0.15, 0.2) is 0 Å². The van der Waals surface area contributed by atoms with Crippen molar-refractivity contribution in [3.05, 3.63) is 34.3 Å². The minimum Gasteiger partial charge on any atom is -0.481 e. The highest BCUT2D eigenvalue weighted by Crippen LogP contribution is 2.24. The van der Waals surface area contributed by atoms with E-state index in [2.05, 4.69) is 11.0 Å². The van der Waals surface area contributed by atoms with Crippen molar-refractivity contribution in [2.75, 3.05) is 13.1 Å². The Balaban J connectivity index is 1.90. The fourth-order valence-corrected chi connectivity index (χ4v) is 2.82. The summed E-state index contributed by atoms with van der Waals surface area (Å²) >= 11 is 6.17. The first-order chi connectivity index (χ1) is 9.58. The Morgan fingerprint density at radius 1 is 1.45 bits per heavy atom. The molecule has 1 aliphatic heterocycles. The SMILES string of the molecule is N#Cc1ccc(CN2CCC(CC(=O)O)CC2)c(Cl)c1. The molecule has 20 heavy (non-hydrogen) atoms. The second-order valence-corrected chi connectivity index (χ2v) is 5.64. The maximum Gasteiger partial charge on any atom is 0.303 e. The van der Waals surface area contributed by atoms with Gasteiger partial charge >= 0.3 is 5.97 Å². The summed E-state index contributed by atoms with van der Waals surface area (Å²) in [5.41, 5.74) is 1.58. The van der Waals surface area contributed by atoms with Crippen molar-refractivity contribution in [2.24, 2.45) is 5.92 Å². The smallest absolute Gasteiger partial charge is 0.303 e. The molecule has 0 saturated carbocycles. The molecule has 0 aromatic heterocycles. The summed E-state index contributed by atoms with van der Waals surface area (Å²) in [4.78, 5) is 13.0. The third kappa shape index (κ3) is 3.96. The van der Waals surface area contributed by atoms with Gasteiger partial charge in [0.05, 0.1) is 11.6 Å². The van der Waals surface area contributed by atoms with E-state index in [0.29, 0.717) is 16.5 Å². The minimum absolute atomic E-state index is 0.269. The summed E-state index contributed by atoms with van der Waals surface area (Å²) < 4.78 is 0. The Morgan fingerprint density at radius 2 is 2.15 bits per heavy atom. The lowest BCUT2D eigenvalue weighted by Crippen LogP contribution is -2.34. The van der Waals surface area contributed by atoms with Gasteiger partial charge in [-0.25, -0.2) is 0 Å². The molecule has 1 fully saturated rings. The molecule has 1 aromatic rings. The zero-order valence-electron chi connectivity index (χ0n) is 11.2. The first kappa shape index (κ1) is 14.8. The monoisotopic (exact) mass is 292 g/mol. The van der Waals surface area contributed by atoms with E-state index in [-0.39, 0.29) is 6.42 Å². The number of rotatable bonds is 4. The molecule has 1 saturated heterocycles. The van der Waals surface area contributed by atoms with Crippen molar-refractivity contribution in [1.82, 2.24) is 4.90 Å². The van der Waals surface area contributed by atoms with Crippen LogP contribution in [0.15, 0.2) is 18.2 Å². The maximum absolute atomic E-state index is 10.7. The Kier molecular flexibility index (Phi) is 4.99. The number of nitrogens with zero attached hydrogens (tertiary/aromatic N) is 2. The van der Waals surface area contributed by atoms with Crippen LogP contribution in [0.5, 0.6) is 0 Å². The third-order valence-corrected chi connectivity index (χ3v) is 4.10. The van der Waals surface area contributed by atoms with Crippen molar-refractivity contribution < 1.29 is 9.90 Å². The number of likely N-dealkylation sites (tertiary alicyclic amines) is 1. The van der Waals surface area contributed by atoms with Gasteiger partial charge in [-0.05, 0) is 49.5 Å². The molecule has 1 N–H and O–H groups in total. The molecule has 0 spiro atoms. The Hall–Kier alpha value is -1.57. The number of hydrogen-bond donors (Lipinski definition) is 1. The topological polar surface area (TPSA) is 64.3 Å². The van der Waals surface area contributed by atoms with E-state index in [4.69, 9.17) is 22.0 Å². The summed E-state index contributed by atoms with van der Waals surface area (Å²) in [6.45, 7) is 2.55. The molecule has 5 heteroatoms. The number of hydrogen-bond acceptors (Lipinski definition) is 3. The number of piperidine rings is 1. The summed E-state index contributed by atoms with van der Waals surface area (Å²) in [6.07, 6.45) is 2.10. The number of carboxylic acids is 1. The van der Waals surface area contributed by atoms with Crippen molar-refractivity contribution in [2.45, 2.75) is 25.8 Å². The Bertz CT molecular complexity index is 531. The summed E-state index contributed by atoms with van der Waals surface area (Å²) in [6, 6.07) is 7.43. The Labute approximate surface area is 123 Å². The maximum atomic E-state index is 10.7. The molecule has 2 rings (SSSR count). The number of carbonyl (C=O) groups is 1. The quantitative estimate of drug-likeness (QED) is 0.927. The fourth-order valence-electron chi connectivity index (χ4n) is 2.58. The van der Waals surface area contributed by atoms with Crippen molar-refractivity contribution >= 4 is 17.6 Å². The molecule has 1 aliphatic rings. The van der Waals surface area contributed by atoms with Gasteiger partial charge in [0.1, 0.15) is 0 Å². The Morgan fingerprint density at radius 3 is 2.70 bits per heavy atom. The van der Waals surface area contributed by atoms with Gasteiger partial charge in [-0.2, -0.15) is 5.26 Å². The second kappa shape index (κ2) is 6.74. The standard InChI is InChI=1S/C15H17ClN2O2/c16-14-7-12(9-17)1-2-13(14)10-18-5-3-11(4-6-18)8-15(19)20/h1-2,7,11H,3-6,8,10H2,(H,19,20). The summed E-state index contributed by atoms with van der Waals surface area (Å²) in [5, 5.41) is 18.2. The first-order valence-corrected chi connectivity index (χ1v) is 7.09. The van der Waals surface area contributed by atoms with E-state index in [1.54, 1.807) is 12.1 Å². The van der Waals surface area contributed by atoms with Crippen LogP contribution >= 0.6 is 11.6 Å². The minimum atomic E-state index is -0.710. The lowest BCUT2D eigenvalue weighted by atomic mass is 9.93. The molecule has 1 heterocycles. The number of aliphatic carboxylic acids is 1. The molecule has 0 bridgehead atoms. The molecule has 4 nitrogen and oxygen atoms in total. The van der Waals surface area contributed by atoms with Gasteiger partial charge in [-0.1, -0.05) is 17.7 Å². The van der Waals surface area contributed by atoms with Gasteiger partial charge in [-0.15, -0.1) is 0 Å².